The molecule has 0 aliphatic rings. The first-order chi connectivity index (χ1) is 13.4. The minimum absolute atomic E-state index is 0.0540. The van der Waals surface area contributed by atoms with Crippen LogP contribution in [-0.4, -0.2) is 31.9 Å². The number of hydrogen-bond donors (Lipinski definition) is 1. The number of thioether (sulfide) groups is 1. The third-order valence-electron chi connectivity index (χ3n) is 4.38. The molecular weight excluding hydrogens is 384 g/mol. The van der Waals surface area contributed by atoms with E-state index in [2.05, 4.69) is 20.8 Å². The predicted molar refractivity (Wildman–Crippen MR) is 102 cm³/mol. The lowest BCUT2D eigenvalue weighted by atomic mass is 10.1. The Kier molecular flexibility index (Phi) is 6.03. The SMILES string of the molecule is Cc1cccc(-n2nnnc2SCC(=O)N[C@H](C)c2ccc(F)cc2F)c1C. The average molecular weight is 403 g/mol. The monoisotopic (exact) mass is 403 g/mol. The maximum absolute atomic E-state index is 13.8. The smallest absolute Gasteiger partial charge is 0.230 e. The van der Waals surface area contributed by atoms with Crippen LogP contribution < -0.4 is 5.32 Å². The van der Waals surface area contributed by atoms with Crippen molar-refractivity contribution in [2.75, 3.05) is 5.75 Å². The van der Waals surface area contributed by atoms with Crippen molar-refractivity contribution < 1.29 is 13.6 Å². The fourth-order valence-corrected chi connectivity index (χ4v) is 3.42. The summed E-state index contributed by atoms with van der Waals surface area (Å²) in [5, 5.41) is 14.9. The molecule has 1 amide bonds. The van der Waals surface area contributed by atoms with Crippen molar-refractivity contribution in [1.29, 1.82) is 0 Å². The van der Waals surface area contributed by atoms with E-state index in [1.165, 1.54) is 17.8 Å². The molecule has 6 nitrogen and oxygen atoms in total. The highest BCUT2D eigenvalue weighted by Crippen LogP contribution is 2.23. The molecule has 0 saturated heterocycles. The van der Waals surface area contributed by atoms with E-state index < -0.39 is 17.7 Å². The Morgan fingerprint density at radius 2 is 2.04 bits per heavy atom. The molecule has 0 saturated carbocycles. The van der Waals surface area contributed by atoms with Gasteiger partial charge in [0.25, 0.3) is 0 Å². The molecule has 0 bridgehead atoms. The Morgan fingerprint density at radius 3 is 2.79 bits per heavy atom. The molecular formula is C19H19F2N5OS. The Morgan fingerprint density at radius 1 is 1.25 bits per heavy atom. The van der Waals surface area contributed by atoms with Gasteiger partial charge in [-0.3, -0.25) is 4.79 Å². The van der Waals surface area contributed by atoms with E-state index in [-0.39, 0.29) is 17.2 Å². The van der Waals surface area contributed by atoms with Crippen LogP contribution in [0.3, 0.4) is 0 Å². The van der Waals surface area contributed by atoms with Crippen LogP contribution in [0.25, 0.3) is 5.69 Å². The summed E-state index contributed by atoms with van der Waals surface area (Å²) < 4.78 is 28.5. The van der Waals surface area contributed by atoms with Gasteiger partial charge in [0.15, 0.2) is 0 Å². The molecule has 1 aromatic heterocycles. The lowest BCUT2D eigenvalue weighted by Crippen LogP contribution is -2.28. The molecule has 1 heterocycles. The molecule has 0 spiro atoms. The number of nitrogens with one attached hydrogen (secondary N) is 1. The van der Waals surface area contributed by atoms with E-state index in [1.54, 1.807) is 11.6 Å². The van der Waals surface area contributed by atoms with Crippen molar-refractivity contribution in [3.05, 3.63) is 64.7 Å². The van der Waals surface area contributed by atoms with Gasteiger partial charge in [-0.2, -0.15) is 4.68 Å². The van der Waals surface area contributed by atoms with Crippen molar-refractivity contribution in [2.24, 2.45) is 0 Å². The second kappa shape index (κ2) is 8.47. The fraction of sp³-hybridized carbons (Fsp3) is 0.263. The maximum Gasteiger partial charge on any atom is 0.230 e. The Balaban J connectivity index is 1.66. The number of carbonyl (C=O) groups is 1. The van der Waals surface area contributed by atoms with Gasteiger partial charge >= 0.3 is 0 Å². The summed E-state index contributed by atoms with van der Waals surface area (Å²) in [4.78, 5) is 12.3. The molecule has 146 valence electrons. The van der Waals surface area contributed by atoms with Gasteiger partial charge in [-0.15, -0.1) is 5.10 Å². The summed E-state index contributed by atoms with van der Waals surface area (Å²) >= 11 is 1.18. The second-order valence-corrected chi connectivity index (χ2v) is 7.28. The molecule has 28 heavy (non-hydrogen) atoms. The minimum atomic E-state index is -0.695. The minimum Gasteiger partial charge on any atom is -0.349 e. The van der Waals surface area contributed by atoms with Crippen LogP contribution in [0, 0.1) is 25.5 Å². The van der Waals surface area contributed by atoms with Crippen molar-refractivity contribution in [1.82, 2.24) is 25.5 Å². The first-order valence-electron chi connectivity index (χ1n) is 8.59. The van der Waals surface area contributed by atoms with E-state index in [0.29, 0.717) is 5.16 Å². The highest BCUT2D eigenvalue weighted by atomic mass is 32.2. The van der Waals surface area contributed by atoms with Gasteiger partial charge in [0, 0.05) is 11.6 Å². The number of tetrazole rings is 1. The van der Waals surface area contributed by atoms with Gasteiger partial charge in [-0.1, -0.05) is 30.0 Å². The summed E-state index contributed by atoms with van der Waals surface area (Å²) in [5.74, 6) is -1.61. The van der Waals surface area contributed by atoms with Crippen LogP contribution in [0.15, 0.2) is 41.6 Å². The van der Waals surface area contributed by atoms with E-state index in [0.717, 1.165) is 28.9 Å². The quantitative estimate of drug-likeness (QED) is 0.638. The zero-order valence-electron chi connectivity index (χ0n) is 15.6. The number of nitrogens with zero attached hydrogens (tertiary/aromatic N) is 4. The maximum atomic E-state index is 13.8. The largest absolute Gasteiger partial charge is 0.349 e. The number of benzene rings is 2. The first kappa shape index (κ1) is 19.9. The molecule has 2 aromatic carbocycles. The van der Waals surface area contributed by atoms with E-state index >= 15 is 0 Å². The Hall–Kier alpha value is -2.81. The number of aromatic nitrogens is 4. The summed E-state index contributed by atoms with van der Waals surface area (Å²) in [6.45, 7) is 5.62. The van der Waals surface area contributed by atoms with Crippen molar-refractivity contribution in [3.8, 4) is 5.69 Å². The topological polar surface area (TPSA) is 72.7 Å². The molecule has 3 aromatic rings. The van der Waals surface area contributed by atoms with Crippen LogP contribution >= 0.6 is 11.8 Å². The number of rotatable bonds is 6. The number of aryl methyl sites for hydroxylation is 1. The summed E-state index contributed by atoms with van der Waals surface area (Å²) in [6, 6.07) is 8.51. The Bertz CT molecular complexity index is 1010. The molecule has 0 unspecified atom stereocenters. The molecule has 1 atom stereocenters. The standard InChI is InChI=1S/C19H19F2N5OS/c1-11-5-4-6-17(12(11)2)26-19(23-24-25-26)28-10-18(27)22-13(3)15-8-7-14(20)9-16(15)21/h4-9,13H,10H2,1-3H3,(H,22,27)/t13-/m1/s1. The zero-order valence-corrected chi connectivity index (χ0v) is 16.4. The highest BCUT2D eigenvalue weighted by Gasteiger charge is 2.17. The third kappa shape index (κ3) is 4.36. The normalized spacial score (nSPS) is 12.0. The van der Waals surface area contributed by atoms with Crippen LogP contribution in [0.5, 0.6) is 0 Å². The molecule has 1 N–H and O–H groups in total. The Labute approximate surface area is 165 Å². The van der Waals surface area contributed by atoms with E-state index in [4.69, 9.17) is 0 Å². The number of amides is 1. The highest BCUT2D eigenvalue weighted by molar-refractivity contribution is 7.99. The molecule has 3 rings (SSSR count). The molecule has 0 aliphatic heterocycles. The molecule has 0 radical (unpaired) electrons. The third-order valence-corrected chi connectivity index (χ3v) is 5.30. The number of hydrogen-bond acceptors (Lipinski definition) is 5. The molecule has 9 heteroatoms. The van der Waals surface area contributed by atoms with Crippen LogP contribution in [0.2, 0.25) is 0 Å². The fourth-order valence-electron chi connectivity index (χ4n) is 2.73. The number of halogens is 2. The van der Waals surface area contributed by atoms with Gasteiger partial charge in [-0.25, -0.2) is 8.78 Å². The van der Waals surface area contributed by atoms with Crippen molar-refractivity contribution >= 4 is 17.7 Å². The molecule has 0 fully saturated rings. The van der Waals surface area contributed by atoms with Gasteiger partial charge < -0.3 is 5.32 Å². The van der Waals surface area contributed by atoms with Gasteiger partial charge in [0.2, 0.25) is 11.1 Å². The number of carbonyl (C=O) groups excluding carboxylic acids is 1. The van der Waals surface area contributed by atoms with Crippen molar-refractivity contribution in [2.45, 2.75) is 32.0 Å². The van der Waals surface area contributed by atoms with Gasteiger partial charge in [0.05, 0.1) is 17.5 Å². The van der Waals surface area contributed by atoms with Crippen LogP contribution in [0.4, 0.5) is 8.78 Å². The van der Waals surface area contributed by atoms with Crippen LogP contribution in [0.1, 0.15) is 29.7 Å². The van der Waals surface area contributed by atoms with E-state index in [1.807, 2.05) is 32.0 Å². The van der Waals surface area contributed by atoms with E-state index in [9.17, 15) is 13.6 Å². The van der Waals surface area contributed by atoms with Gasteiger partial charge in [-0.05, 0) is 54.5 Å². The summed E-state index contributed by atoms with van der Waals surface area (Å²) in [6.07, 6.45) is 0. The lowest BCUT2D eigenvalue weighted by molar-refractivity contribution is -0.119. The van der Waals surface area contributed by atoms with Crippen molar-refractivity contribution in [3.63, 3.8) is 0 Å². The first-order valence-corrected chi connectivity index (χ1v) is 9.57. The second-order valence-electron chi connectivity index (χ2n) is 6.34. The molecule has 0 aliphatic carbocycles. The summed E-state index contributed by atoms with van der Waals surface area (Å²) in [7, 11) is 0. The average Bonchev–Trinajstić information content (AvgIpc) is 3.10. The van der Waals surface area contributed by atoms with Gasteiger partial charge in [0.1, 0.15) is 11.6 Å². The summed E-state index contributed by atoms with van der Waals surface area (Å²) in [5.41, 5.74) is 3.22. The lowest BCUT2D eigenvalue weighted by Gasteiger charge is -2.15. The van der Waals surface area contributed by atoms with Crippen LogP contribution in [-0.2, 0) is 4.79 Å². The zero-order chi connectivity index (χ0) is 20.3. The predicted octanol–water partition coefficient (Wildman–Crippen LogP) is 3.53.